The molecule has 1 aromatic carbocycles. The molecule has 0 saturated carbocycles. The number of nitrogens with zero attached hydrogens (tertiary/aromatic N) is 3. The van der Waals surface area contributed by atoms with Crippen molar-refractivity contribution < 1.29 is 9.59 Å². The van der Waals surface area contributed by atoms with Crippen LogP contribution in [0.2, 0.25) is 0 Å². The lowest BCUT2D eigenvalue weighted by Gasteiger charge is -2.29. The zero-order chi connectivity index (χ0) is 17.3. The first-order valence-electron chi connectivity index (χ1n) is 8.17. The molecule has 1 aliphatic rings. The lowest BCUT2D eigenvalue weighted by atomic mass is 9.97. The van der Waals surface area contributed by atoms with Crippen LogP contribution in [0, 0.1) is 0 Å². The van der Waals surface area contributed by atoms with Gasteiger partial charge in [-0.2, -0.15) is 0 Å². The van der Waals surface area contributed by atoms with Gasteiger partial charge in [-0.05, 0) is 37.5 Å². The number of fused-ring (bicyclic) bond motifs is 1. The Kier molecular flexibility index (Phi) is 4.38. The van der Waals surface area contributed by atoms with Crippen molar-refractivity contribution in [2.45, 2.75) is 39.8 Å². The van der Waals surface area contributed by atoms with Gasteiger partial charge in [0.1, 0.15) is 5.69 Å². The average molecular weight is 326 g/mol. The topological polar surface area (TPSA) is 67.2 Å². The molecule has 0 spiro atoms. The number of rotatable bonds is 3. The Balaban J connectivity index is 1.79. The summed E-state index contributed by atoms with van der Waals surface area (Å²) in [7, 11) is 0. The molecular weight excluding hydrogens is 304 g/mol. The highest BCUT2D eigenvalue weighted by molar-refractivity contribution is 5.93. The van der Waals surface area contributed by atoms with Crippen molar-refractivity contribution in [3.05, 3.63) is 47.5 Å². The fourth-order valence-electron chi connectivity index (χ4n) is 2.98. The highest BCUT2D eigenvalue weighted by atomic mass is 16.2. The van der Waals surface area contributed by atoms with Crippen LogP contribution in [0.1, 0.15) is 48.4 Å². The normalized spacial score (nSPS) is 13.8. The molecule has 0 aliphatic carbocycles. The number of nitrogens with one attached hydrogen (secondary N) is 1. The third-order valence-corrected chi connectivity index (χ3v) is 4.28. The van der Waals surface area contributed by atoms with E-state index in [0.29, 0.717) is 18.8 Å². The number of anilines is 1. The molecule has 0 atom stereocenters. The largest absolute Gasteiger partial charge is 0.334 e. The van der Waals surface area contributed by atoms with Crippen molar-refractivity contribution in [2.75, 3.05) is 11.9 Å². The molecule has 1 aliphatic heterocycles. The summed E-state index contributed by atoms with van der Waals surface area (Å²) in [6, 6.07) is 6.10. The first-order chi connectivity index (χ1) is 11.5. The zero-order valence-corrected chi connectivity index (χ0v) is 14.2. The van der Waals surface area contributed by atoms with Crippen LogP contribution in [0.4, 0.5) is 5.69 Å². The second-order valence-electron chi connectivity index (χ2n) is 6.40. The van der Waals surface area contributed by atoms with E-state index in [1.807, 2.05) is 27.7 Å². The molecule has 1 N–H and O–H groups in total. The Hall–Kier alpha value is -2.63. The predicted octanol–water partition coefficient (Wildman–Crippen LogP) is 2.62. The van der Waals surface area contributed by atoms with Crippen molar-refractivity contribution in [2.24, 2.45) is 0 Å². The van der Waals surface area contributed by atoms with Gasteiger partial charge in [0.05, 0.1) is 6.33 Å². The fourth-order valence-corrected chi connectivity index (χ4v) is 2.98. The average Bonchev–Trinajstić information content (AvgIpc) is 3.03. The molecule has 6 heteroatoms. The fraction of sp³-hybridized carbons (Fsp3) is 0.389. The van der Waals surface area contributed by atoms with E-state index in [9.17, 15) is 9.59 Å². The molecule has 2 heterocycles. The van der Waals surface area contributed by atoms with Gasteiger partial charge < -0.3 is 14.8 Å². The van der Waals surface area contributed by atoms with Gasteiger partial charge in [-0.15, -0.1) is 0 Å². The third-order valence-electron chi connectivity index (χ3n) is 4.28. The van der Waals surface area contributed by atoms with Gasteiger partial charge in [-0.1, -0.05) is 12.1 Å². The second kappa shape index (κ2) is 6.47. The van der Waals surface area contributed by atoms with Crippen LogP contribution in [0.5, 0.6) is 0 Å². The summed E-state index contributed by atoms with van der Waals surface area (Å²) < 4.78 is 1.93. The van der Waals surface area contributed by atoms with Gasteiger partial charge >= 0.3 is 0 Å². The Morgan fingerprint density at radius 3 is 2.75 bits per heavy atom. The molecule has 0 radical (unpaired) electrons. The standard InChI is InChI=1S/C18H22N4O2/c1-12(2)22-10-17(19-11-22)18(24)21-8-7-15-14(9-21)5-4-6-16(15)20-13(3)23/h4-6,10-12H,7-9H2,1-3H3,(H,20,23). The minimum atomic E-state index is -0.0823. The summed E-state index contributed by atoms with van der Waals surface area (Å²) in [5.41, 5.74) is 3.51. The smallest absolute Gasteiger partial charge is 0.274 e. The number of hydrogen-bond acceptors (Lipinski definition) is 3. The summed E-state index contributed by atoms with van der Waals surface area (Å²) >= 11 is 0. The van der Waals surface area contributed by atoms with Crippen LogP contribution in [0.15, 0.2) is 30.7 Å². The van der Waals surface area contributed by atoms with Crippen molar-refractivity contribution >= 4 is 17.5 Å². The van der Waals surface area contributed by atoms with Crippen LogP contribution in [0.3, 0.4) is 0 Å². The van der Waals surface area contributed by atoms with Crippen LogP contribution >= 0.6 is 0 Å². The maximum absolute atomic E-state index is 12.7. The maximum Gasteiger partial charge on any atom is 0.274 e. The van der Waals surface area contributed by atoms with Crippen LogP contribution in [-0.2, 0) is 17.8 Å². The van der Waals surface area contributed by atoms with Gasteiger partial charge in [0, 0.05) is 37.9 Å². The summed E-state index contributed by atoms with van der Waals surface area (Å²) in [5, 5.41) is 2.87. The van der Waals surface area contributed by atoms with E-state index in [1.165, 1.54) is 6.92 Å². The summed E-state index contributed by atoms with van der Waals surface area (Å²) in [4.78, 5) is 30.1. The van der Waals surface area contributed by atoms with Gasteiger partial charge in [0.25, 0.3) is 5.91 Å². The molecule has 0 bridgehead atoms. The lowest BCUT2D eigenvalue weighted by Crippen LogP contribution is -2.36. The molecule has 2 amide bonds. The summed E-state index contributed by atoms with van der Waals surface area (Å²) in [5.74, 6) is -0.133. The van der Waals surface area contributed by atoms with E-state index >= 15 is 0 Å². The number of benzene rings is 1. The number of carbonyl (C=O) groups excluding carboxylic acids is 2. The second-order valence-corrected chi connectivity index (χ2v) is 6.40. The molecular formula is C18H22N4O2. The molecule has 126 valence electrons. The summed E-state index contributed by atoms with van der Waals surface area (Å²) in [6.45, 7) is 6.77. The molecule has 2 aromatic rings. The van der Waals surface area contributed by atoms with Gasteiger partial charge in [-0.25, -0.2) is 4.98 Å². The molecule has 3 rings (SSSR count). The quantitative estimate of drug-likeness (QED) is 0.943. The molecule has 0 fully saturated rings. The van der Waals surface area contributed by atoms with Crippen molar-refractivity contribution in [3.63, 3.8) is 0 Å². The first-order valence-corrected chi connectivity index (χ1v) is 8.17. The Morgan fingerprint density at radius 1 is 1.29 bits per heavy atom. The van der Waals surface area contributed by atoms with Gasteiger partial charge in [-0.3, -0.25) is 9.59 Å². The van der Waals surface area contributed by atoms with Crippen molar-refractivity contribution in [3.8, 4) is 0 Å². The Labute approximate surface area is 141 Å². The third kappa shape index (κ3) is 3.18. The number of amides is 2. The highest BCUT2D eigenvalue weighted by Gasteiger charge is 2.25. The van der Waals surface area contributed by atoms with E-state index in [2.05, 4.69) is 24.1 Å². The van der Waals surface area contributed by atoms with E-state index < -0.39 is 0 Å². The SMILES string of the molecule is CC(=O)Nc1cccc2c1CCN(C(=O)c1cn(C(C)C)cn1)C2. The van der Waals surface area contributed by atoms with Crippen LogP contribution in [0.25, 0.3) is 0 Å². The van der Waals surface area contributed by atoms with Gasteiger partial charge in [0.15, 0.2) is 0 Å². The highest BCUT2D eigenvalue weighted by Crippen LogP contribution is 2.27. The minimum Gasteiger partial charge on any atom is -0.334 e. The minimum absolute atomic E-state index is 0.0509. The molecule has 0 unspecified atom stereocenters. The maximum atomic E-state index is 12.7. The first kappa shape index (κ1) is 16.2. The summed E-state index contributed by atoms with van der Waals surface area (Å²) in [6.07, 6.45) is 4.23. The molecule has 1 aromatic heterocycles. The van der Waals surface area contributed by atoms with Crippen LogP contribution in [-0.4, -0.2) is 32.8 Å². The van der Waals surface area contributed by atoms with Gasteiger partial charge in [0.2, 0.25) is 5.91 Å². The van der Waals surface area contributed by atoms with E-state index in [4.69, 9.17) is 0 Å². The molecule has 0 saturated heterocycles. The van der Waals surface area contributed by atoms with Crippen molar-refractivity contribution in [1.29, 1.82) is 0 Å². The van der Waals surface area contributed by atoms with E-state index in [0.717, 1.165) is 23.2 Å². The monoisotopic (exact) mass is 326 g/mol. The van der Waals surface area contributed by atoms with Crippen LogP contribution < -0.4 is 5.32 Å². The number of carbonyl (C=O) groups is 2. The molecule has 24 heavy (non-hydrogen) atoms. The van der Waals surface area contributed by atoms with E-state index in [-0.39, 0.29) is 17.9 Å². The zero-order valence-electron chi connectivity index (χ0n) is 14.2. The number of imidazole rings is 1. The predicted molar refractivity (Wildman–Crippen MR) is 91.8 cm³/mol. The number of aromatic nitrogens is 2. The molecule has 6 nitrogen and oxygen atoms in total. The lowest BCUT2D eigenvalue weighted by molar-refractivity contribution is -0.114. The van der Waals surface area contributed by atoms with E-state index in [1.54, 1.807) is 12.5 Å². The van der Waals surface area contributed by atoms with Crippen molar-refractivity contribution in [1.82, 2.24) is 14.5 Å². The Morgan fingerprint density at radius 2 is 2.08 bits per heavy atom. The Bertz CT molecular complexity index is 779. The number of hydrogen-bond donors (Lipinski definition) is 1.